The van der Waals surface area contributed by atoms with Crippen molar-refractivity contribution in [3.05, 3.63) is 0 Å². The molecule has 4 heteroatoms. The molecule has 0 aromatic carbocycles. The number of hydrogen-bond acceptors (Lipinski definition) is 2. The van der Waals surface area contributed by atoms with Gasteiger partial charge in [0.2, 0.25) is 0 Å². The van der Waals surface area contributed by atoms with Crippen LogP contribution < -0.4 is 5.73 Å². The van der Waals surface area contributed by atoms with E-state index >= 15 is 0 Å². The van der Waals surface area contributed by atoms with E-state index in [0.29, 0.717) is 13.0 Å². The zero-order valence-electron chi connectivity index (χ0n) is 8.10. The Labute approximate surface area is 78.1 Å². The van der Waals surface area contributed by atoms with Crippen LogP contribution in [-0.4, -0.2) is 36.5 Å². The predicted molar refractivity (Wildman–Crippen MR) is 48.9 cm³/mol. The summed E-state index contributed by atoms with van der Waals surface area (Å²) in [6.45, 7) is 4.21. The lowest BCUT2D eigenvalue weighted by Crippen LogP contribution is -2.46. The topological polar surface area (TPSA) is 29.3 Å². The smallest absolute Gasteiger partial charge is 0.256 e. The second kappa shape index (κ2) is 4.33. The Morgan fingerprint density at radius 1 is 1.38 bits per heavy atom. The highest BCUT2D eigenvalue weighted by Crippen LogP contribution is 2.18. The van der Waals surface area contributed by atoms with Crippen LogP contribution in [0, 0.1) is 0 Å². The van der Waals surface area contributed by atoms with Crippen molar-refractivity contribution < 1.29 is 8.78 Å². The van der Waals surface area contributed by atoms with Crippen LogP contribution >= 0.6 is 0 Å². The zero-order valence-corrected chi connectivity index (χ0v) is 8.10. The van der Waals surface area contributed by atoms with Crippen molar-refractivity contribution in [2.75, 3.05) is 19.6 Å². The summed E-state index contributed by atoms with van der Waals surface area (Å²) in [5.41, 5.74) is 4.14. The molecule has 2 nitrogen and oxygen atoms in total. The van der Waals surface area contributed by atoms with Gasteiger partial charge < -0.3 is 10.6 Å². The quantitative estimate of drug-likeness (QED) is 0.730. The fraction of sp³-hybridized carbons (Fsp3) is 1.00. The summed E-state index contributed by atoms with van der Waals surface area (Å²) in [6.07, 6.45) is 0.339. The molecule has 0 aliphatic carbocycles. The third-order valence-electron chi connectivity index (χ3n) is 2.66. The van der Waals surface area contributed by atoms with Gasteiger partial charge in [0.1, 0.15) is 0 Å². The molecular weight excluding hydrogens is 174 g/mol. The van der Waals surface area contributed by atoms with Crippen LogP contribution in [0.3, 0.4) is 0 Å². The van der Waals surface area contributed by atoms with E-state index in [0.717, 1.165) is 13.1 Å². The van der Waals surface area contributed by atoms with E-state index < -0.39 is 12.0 Å². The summed E-state index contributed by atoms with van der Waals surface area (Å²) in [7, 11) is 0. The SMILES string of the molecule is CC(N)(CCN1CCCC1)C(F)F. The second-order valence-electron chi connectivity index (χ2n) is 4.11. The minimum Gasteiger partial charge on any atom is -0.321 e. The highest BCUT2D eigenvalue weighted by Gasteiger charge is 2.30. The molecule has 1 rings (SSSR count). The molecule has 78 valence electrons. The fourth-order valence-electron chi connectivity index (χ4n) is 1.51. The summed E-state index contributed by atoms with van der Waals surface area (Å²) in [4.78, 5) is 2.20. The van der Waals surface area contributed by atoms with E-state index in [-0.39, 0.29) is 0 Å². The molecule has 0 bridgehead atoms. The van der Waals surface area contributed by atoms with Crippen molar-refractivity contribution in [2.24, 2.45) is 5.73 Å². The van der Waals surface area contributed by atoms with Gasteiger partial charge in [-0.15, -0.1) is 0 Å². The molecule has 1 aliphatic rings. The van der Waals surface area contributed by atoms with Gasteiger partial charge in [-0.2, -0.15) is 0 Å². The normalized spacial score (nSPS) is 23.8. The lowest BCUT2D eigenvalue weighted by molar-refractivity contribution is 0.0536. The molecule has 13 heavy (non-hydrogen) atoms. The largest absolute Gasteiger partial charge is 0.321 e. The summed E-state index contributed by atoms with van der Waals surface area (Å²) in [6, 6.07) is 0. The van der Waals surface area contributed by atoms with Crippen molar-refractivity contribution in [3.8, 4) is 0 Å². The number of nitrogens with zero attached hydrogens (tertiary/aromatic N) is 1. The molecule has 2 N–H and O–H groups in total. The zero-order chi connectivity index (χ0) is 9.90. The van der Waals surface area contributed by atoms with Crippen LogP contribution in [0.5, 0.6) is 0 Å². The average Bonchev–Trinajstić information content (AvgIpc) is 2.52. The third-order valence-corrected chi connectivity index (χ3v) is 2.66. The highest BCUT2D eigenvalue weighted by molar-refractivity contribution is 4.83. The second-order valence-corrected chi connectivity index (χ2v) is 4.11. The molecule has 0 radical (unpaired) electrons. The van der Waals surface area contributed by atoms with Crippen molar-refractivity contribution in [1.29, 1.82) is 0 Å². The maximum Gasteiger partial charge on any atom is 0.256 e. The van der Waals surface area contributed by atoms with E-state index in [1.165, 1.54) is 19.8 Å². The molecule has 0 saturated carbocycles. The van der Waals surface area contributed by atoms with Gasteiger partial charge in [-0.1, -0.05) is 0 Å². The summed E-state index contributed by atoms with van der Waals surface area (Å²) < 4.78 is 24.7. The van der Waals surface area contributed by atoms with Crippen molar-refractivity contribution in [3.63, 3.8) is 0 Å². The summed E-state index contributed by atoms with van der Waals surface area (Å²) >= 11 is 0. The molecule has 0 aromatic rings. The lowest BCUT2D eigenvalue weighted by atomic mass is 10.00. The maximum absolute atomic E-state index is 12.3. The van der Waals surface area contributed by atoms with E-state index in [1.54, 1.807) is 0 Å². The van der Waals surface area contributed by atoms with E-state index in [2.05, 4.69) is 4.90 Å². The van der Waals surface area contributed by atoms with Gasteiger partial charge >= 0.3 is 0 Å². The summed E-state index contributed by atoms with van der Waals surface area (Å²) in [5, 5.41) is 0. The van der Waals surface area contributed by atoms with Crippen molar-refractivity contribution in [1.82, 2.24) is 4.90 Å². The Morgan fingerprint density at radius 2 is 1.92 bits per heavy atom. The molecule has 1 saturated heterocycles. The first-order valence-electron chi connectivity index (χ1n) is 4.82. The van der Waals surface area contributed by atoms with Crippen LogP contribution in [0.25, 0.3) is 0 Å². The van der Waals surface area contributed by atoms with Gasteiger partial charge in [0, 0.05) is 6.54 Å². The number of likely N-dealkylation sites (tertiary alicyclic amines) is 1. The van der Waals surface area contributed by atoms with E-state index in [1.807, 2.05) is 0 Å². The van der Waals surface area contributed by atoms with Gasteiger partial charge in [-0.05, 0) is 39.3 Å². The Hall–Kier alpha value is -0.220. The lowest BCUT2D eigenvalue weighted by Gasteiger charge is -2.26. The number of hydrogen-bond donors (Lipinski definition) is 1. The molecular formula is C9H18F2N2. The van der Waals surface area contributed by atoms with Crippen LogP contribution in [0.4, 0.5) is 8.78 Å². The van der Waals surface area contributed by atoms with Gasteiger partial charge in [0.05, 0.1) is 5.54 Å². The van der Waals surface area contributed by atoms with Gasteiger partial charge in [0.15, 0.2) is 0 Å². The average molecular weight is 192 g/mol. The van der Waals surface area contributed by atoms with Gasteiger partial charge in [-0.25, -0.2) is 8.78 Å². The standard InChI is InChI=1S/C9H18F2N2/c1-9(12,8(10)11)4-7-13-5-2-3-6-13/h8H,2-7,12H2,1H3. The molecule has 1 aliphatic heterocycles. The van der Waals surface area contributed by atoms with E-state index in [4.69, 9.17) is 5.73 Å². The molecule has 1 atom stereocenters. The first-order chi connectivity index (χ1) is 6.02. The van der Waals surface area contributed by atoms with Crippen molar-refractivity contribution in [2.45, 2.75) is 38.2 Å². The number of halogens is 2. The number of nitrogens with two attached hydrogens (primary N) is 1. The minimum absolute atomic E-state index is 0.380. The van der Waals surface area contributed by atoms with Crippen LogP contribution in [-0.2, 0) is 0 Å². The Kier molecular flexibility index (Phi) is 3.62. The number of rotatable bonds is 4. The third kappa shape index (κ3) is 3.19. The minimum atomic E-state index is -2.42. The molecule has 0 spiro atoms. The van der Waals surface area contributed by atoms with E-state index in [9.17, 15) is 8.78 Å². The highest BCUT2D eigenvalue weighted by atomic mass is 19.3. The molecule has 1 unspecified atom stereocenters. The first-order valence-corrected chi connectivity index (χ1v) is 4.82. The Balaban J connectivity index is 2.24. The first kappa shape index (κ1) is 10.9. The van der Waals surface area contributed by atoms with Crippen LogP contribution in [0.2, 0.25) is 0 Å². The van der Waals surface area contributed by atoms with Crippen LogP contribution in [0.1, 0.15) is 26.2 Å². The maximum atomic E-state index is 12.3. The number of alkyl halides is 2. The Morgan fingerprint density at radius 3 is 2.38 bits per heavy atom. The molecule has 0 amide bonds. The molecule has 1 heterocycles. The summed E-state index contributed by atoms with van der Waals surface area (Å²) in [5.74, 6) is 0. The Bertz CT molecular complexity index is 154. The van der Waals surface area contributed by atoms with Crippen LogP contribution in [0.15, 0.2) is 0 Å². The van der Waals surface area contributed by atoms with Gasteiger partial charge in [0.25, 0.3) is 6.43 Å². The molecule has 0 aromatic heterocycles. The van der Waals surface area contributed by atoms with Gasteiger partial charge in [-0.3, -0.25) is 0 Å². The predicted octanol–water partition coefficient (Wildman–Crippen LogP) is 1.45. The molecule has 1 fully saturated rings. The fourth-order valence-corrected chi connectivity index (χ4v) is 1.51. The monoisotopic (exact) mass is 192 g/mol. The van der Waals surface area contributed by atoms with Crippen molar-refractivity contribution >= 4 is 0 Å².